The first-order valence-corrected chi connectivity index (χ1v) is 7.06. The highest BCUT2D eigenvalue weighted by molar-refractivity contribution is 9.09. The van der Waals surface area contributed by atoms with Gasteiger partial charge in [0.2, 0.25) is 0 Å². The molecule has 0 aliphatic carbocycles. The lowest BCUT2D eigenvalue weighted by Gasteiger charge is -2.07. The van der Waals surface area contributed by atoms with Crippen LogP contribution in [0.15, 0.2) is 28.7 Å². The zero-order valence-electron chi connectivity index (χ0n) is 10.5. The third-order valence-electron chi connectivity index (χ3n) is 2.77. The Hall–Kier alpha value is -1.29. The number of amides is 1. The number of rotatable bonds is 4. The summed E-state index contributed by atoms with van der Waals surface area (Å²) in [7, 11) is 0. The summed E-state index contributed by atoms with van der Waals surface area (Å²) in [6.45, 7) is 4.72. The van der Waals surface area contributed by atoms with E-state index < -0.39 is 0 Å². The van der Waals surface area contributed by atoms with Crippen LogP contribution in [0.1, 0.15) is 23.0 Å². The van der Waals surface area contributed by atoms with Crippen molar-refractivity contribution in [2.75, 3.05) is 11.9 Å². The number of hydrogen-bond donors (Lipinski definition) is 1. The third-order valence-corrected chi connectivity index (χ3v) is 3.88. The van der Waals surface area contributed by atoms with Crippen molar-refractivity contribution >= 4 is 32.8 Å². The monoisotopic (exact) mass is 309 g/mol. The molecule has 1 heterocycles. The van der Waals surface area contributed by atoms with Crippen LogP contribution in [0, 0.1) is 12.8 Å². The van der Waals surface area contributed by atoms with Crippen molar-refractivity contribution in [2.45, 2.75) is 13.8 Å². The smallest absolute Gasteiger partial charge is 0.287 e. The number of alkyl halides is 1. The summed E-state index contributed by atoms with van der Waals surface area (Å²) in [5.41, 5.74) is 1.91. The number of furan rings is 1. The second kappa shape index (κ2) is 5.57. The molecule has 1 amide bonds. The molecule has 1 aromatic heterocycles. The van der Waals surface area contributed by atoms with E-state index in [1.807, 2.05) is 25.1 Å². The van der Waals surface area contributed by atoms with Gasteiger partial charge < -0.3 is 9.73 Å². The predicted molar refractivity (Wildman–Crippen MR) is 76.2 cm³/mol. The van der Waals surface area contributed by atoms with Gasteiger partial charge in [-0.1, -0.05) is 34.5 Å². The number of halogens is 1. The van der Waals surface area contributed by atoms with Crippen LogP contribution in [0.3, 0.4) is 0 Å². The molecule has 4 heteroatoms. The molecule has 2 aromatic rings. The van der Waals surface area contributed by atoms with Crippen LogP contribution in [0.5, 0.6) is 0 Å². The van der Waals surface area contributed by atoms with E-state index in [2.05, 4.69) is 28.2 Å². The summed E-state index contributed by atoms with van der Waals surface area (Å²) < 4.78 is 5.53. The number of carbonyl (C=O) groups is 1. The van der Waals surface area contributed by atoms with Gasteiger partial charge >= 0.3 is 0 Å². The highest BCUT2D eigenvalue weighted by Gasteiger charge is 2.12. The number of nitrogens with one attached hydrogen (secondary N) is 1. The average molecular weight is 310 g/mol. The topological polar surface area (TPSA) is 42.2 Å². The molecule has 1 atom stereocenters. The van der Waals surface area contributed by atoms with Crippen LogP contribution in [-0.2, 0) is 0 Å². The van der Waals surface area contributed by atoms with Crippen molar-refractivity contribution in [3.05, 3.63) is 35.6 Å². The molecule has 0 radical (unpaired) electrons. The molecule has 0 aliphatic rings. The van der Waals surface area contributed by atoms with Crippen molar-refractivity contribution in [1.82, 2.24) is 5.32 Å². The number of benzene rings is 1. The van der Waals surface area contributed by atoms with Gasteiger partial charge in [0.1, 0.15) is 5.58 Å². The van der Waals surface area contributed by atoms with E-state index in [9.17, 15) is 4.79 Å². The van der Waals surface area contributed by atoms with E-state index >= 15 is 0 Å². The quantitative estimate of drug-likeness (QED) is 0.878. The van der Waals surface area contributed by atoms with Crippen molar-refractivity contribution in [2.24, 2.45) is 5.92 Å². The maximum absolute atomic E-state index is 11.9. The van der Waals surface area contributed by atoms with Gasteiger partial charge in [0.05, 0.1) is 0 Å². The lowest BCUT2D eigenvalue weighted by molar-refractivity contribution is 0.0924. The molecular formula is C14H16BrNO2. The zero-order chi connectivity index (χ0) is 13.1. The normalized spacial score (nSPS) is 12.6. The molecule has 18 heavy (non-hydrogen) atoms. The second-order valence-corrected chi connectivity index (χ2v) is 5.27. The first kappa shape index (κ1) is 13.1. The fraction of sp³-hybridized carbons (Fsp3) is 0.357. The number of hydrogen-bond acceptors (Lipinski definition) is 2. The van der Waals surface area contributed by atoms with Gasteiger partial charge in [-0.25, -0.2) is 0 Å². The summed E-state index contributed by atoms with van der Waals surface area (Å²) in [4.78, 5) is 11.9. The fourth-order valence-corrected chi connectivity index (χ4v) is 1.91. The molecule has 1 N–H and O–H groups in total. The Kier molecular flexibility index (Phi) is 4.07. The highest BCUT2D eigenvalue weighted by atomic mass is 79.9. The predicted octanol–water partition coefficient (Wildman–Crippen LogP) is 3.50. The Labute approximate surface area is 115 Å². The first-order chi connectivity index (χ1) is 8.60. The van der Waals surface area contributed by atoms with Gasteiger partial charge in [0, 0.05) is 17.3 Å². The molecule has 2 rings (SSSR count). The average Bonchev–Trinajstić information content (AvgIpc) is 2.78. The van der Waals surface area contributed by atoms with E-state index in [1.54, 1.807) is 6.07 Å². The van der Waals surface area contributed by atoms with E-state index in [4.69, 9.17) is 4.42 Å². The van der Waals surface area contributed by atoms with E-state index in [0.29, 0.717) is 18.2 Å². The van der Waals surface area contributed by atoms with Crippen LogP contribution in [-0.4, -0.2) is 17.8 Å². The summed E-state index contributed by atoms with van der Waals surface area (Å²) >= 11 is 3.38. The SMILES string of the molecule is Cc1ccc2oc(C(=O)NCC(C)CBr)cc2c1. The van der Waals surface area contributed by atoms with Crippen LogP contribution in [0.25, 0.3) is 11.0 Å². The summed E-state index contributed by atoms with van der Waals surface area (Å²) in [6, 6.07) is 7.66. The first-order valence-electron chi connectivity index (χ1n) is 5.94. The van der Waals surface area contributed by atoms with Gasteiger partial charge in [-0.15, -0.1) is 0 Å². The van der Waals surface area contributed by atoms with Crippen LogP contribution < -0.4 is 5.32 Å². The molecule has 0 saturated heterocycles. The molecule has 0 saturated carbocycles. The molecular weight excluding hydrogens is 294 g/mol. The minimum absolute atomic E-state index is 0.156. The lowest BCUT2D eigenvalue weighted by atomic mass is 10.2. The number of aryl methyl sites for hydroxylation is 1. The Morgan fingerprint density at radius 3 is 2.94 bits per heavy atom. The molecule has 96 valence electrons. The molecule has 0 aliphatic heterocycles. The van der Waals surface area contributed by atoms with Crippen molar-refractivity contribution in [3.8, 4) is 0 Å². The van der Waals surface area contributed by atoms with Crippen molar-refractivity contribution in [1.29, 1.82) is 0 Å². The second-order valence-electron chi connectivity index (χ2n) is 4.62. The number of fused-ring (bicyclic) bond motifs is 1. The maximum Gasteiger partial charge on any atom is 0.287 e. The van der Waals surface area contributed by atoms with Gasteiger partial charge in [0.15, 0.2) is 5.76 Å². The van der Waals surface area contributed by atoms with Gasteiger partial charge in [-0.05, 0) is 31.0 Å². The van der Waals surface area contributed by atoms with Gasteiger partial charge in [-0.3, -0.25) is 4.79 Å². The van der Waals surface area contributed by atoms with Gasteiger partial charge in [0.25, 0.3) is 5.91 Å². The molecule has 0 fully saturated rings. The van der Waals surface area contributed by atoms with E-state index in [1.165, 1.54) is 0 Å². The summed E-state index contributed by atoms with van der Waals surface area (Å²) in [6.07, 6.45) is 0. The third kappa shape index (κ3) is 2.93. The van der Waals surface area contributed by atoms with Gasteiger partial charge in [-0.2, -0.15) is 0 Å². The summed E-state index contributed by atoms with van der Waals surface area (Å²) in [5.74, 6) is 0.620. The molecule has 0 spiro atoms. The van der Waals surface area contributed by atoms with Crippen LogP contribution in [0.4, 0.5) is 0 Å². The van der Waals surface area contributed by atoms with E-state index in [-0.39, 0.29) is 5.91 Å². The molecule has 3 nitrogen and oxygen atoms in total. The Balaban J connectivity index is 2.13. The minimum atomic E-state index is -0.156. The molecule has 1 unspecified atom stereocenters. The Morgan fingerprint density at radius 1 is 1.44 bits per heavy atom. The largest absolute Gasteiger partial charge is 0.451 e. The zero-order valence-corrected chi connectivity index (χ0v) is 12.1. The minimum Gasteiger partial charge on any atom is -0.451 e. The summed E-state index contributed by atoms with van der Waals surface area (Å²) in [5, 5.41) is 4.70. The van der Waals surface area contributed by atoms with Crippen molar-refractivity contribution < 1.29 is 9.21 Å². The molecule has 0 bridgehead atoms. The van der Waals surface area contributed by atoms with Crippen LogP contribution >= 0.6 is 15.9 Å². The van der Waals surface area contributed by atoms with E-state index in [0.717, 1.165) is 21.9 Å². The Bertz CT molecular complexity index is 562. The fourth-order valence-electron chi connectivity index (χ4n) is 1.68. The Morgan fingerprint density at radius 2 is 2.22 bits per heavy atom. The molecule has 1 aromatic carbocycles. The highest BCUT2D eigenvalue weighted by Crippen LogP contribution is 2.20. The number of carbonyl (C=O) groups excluding carboxylic acids is 1. The standard InChI is InChI=1S/C14H16BrNO2/c1-9-3-4-12-11(5-9)6-13(18-12)14(17)16-8-10(2)7-15/h3-6,10H,7-8H2,1-2H3,(H,16,17). The lowest BCUT2D eigenvalue weighted by Crippen LogP contribution is -2.28. The maximum atomic E-state index is 11.9. The van der Waals surface area contributed by atoms with Crippen LogP contribution in [0.2, 0.25) is 0 Å². The van der Waals surface area contributed by atoms with Crippen molar-refractivity contribution in [3.63, 3.8) is 0 Å².